The second-order valence-corrected chi connectivity index (χ2v) is 6.75. The number of aromatic amines is 1. The molecular weight excluding hydrogens is 258 g/mol. The van der Waals surface area contributed by atoms with E-state index in [9.17, 15) is 8.42 Å². The van der Waals surface area contributed by atoms with E-state index in [-0.39, 0.29) is 11.1 Å². The molecule has 0 saturated carbocycles. The minimum atomic E-state index is -3.45. The lowest BCUT2D eigenvalue weighted by atomic mass is 10.3. The normalized spacial score (nSPS) is 14.2. The van der Waals surface area contributed by atoms with E-state index >= 15 is 0 Å². The van der Waals surface area contributed by atoms with Gasteiger partial charge in [-0.1, -0.05) is 6.92 Å². The third kappa shape index (κ3) is 3.23. The van der Waals surface area contributed by atoms with Gasteiger partial charge in [0.1, 0.15) is 5.82 Å². The molecule has 17 heavy (non-hydrogen) atoms. The molecule has 0 bridgehead atoms. The zero-order valence-corrected chi connectivity index (χ0v) is 12.2. The number of hydrogen-bond donors (Lipinski definition) is 1. The molecule has 0 aliphatic rings. The van der Waals surface area contributed by atoms with E-state index in [1.54, 1.807) is 25.7 Å². The van der Waals surface area contributed by atoms with Crippen LogP contribution in [-0.4, -0.2) is 47.8 Å². The Kier molecular flexibility index (Phi) is 5.03. The maximum atomic E-state index is 12.3. The second-order valence-electron chi connectivity index (χ2n) is 3.87. The van der Waals surface area contributed by atoms with Crippen molar-refractivity contribution in [1.29, 1.82) is 0 Å². The molecule has 7 heteroatoms. The maximum Gasteiger partial charge on any atom is 0.260 e. The molecule has 1 aromatic heterocycles. The van der Waals surface area contributed by atoms with Gasteiger partial charge in [-0.2, -0.15) is 16.1 Å². The van der Waals surface area contributed by atoms with E-state index in [0.29, 0.717) is 5.82 Å². The second kappa shape index (κ2) is 5.88. The Bertz CT molecular complexity index is 456. The average molecular weight is 277 g/mol. The van der Waals surface area contributed by atoms with Crippen molar-refractivity contribution >= 4 is 21.8 Å². The number of aromatic nitrogens is 2. The first-order chi connectivity index (χ1) is 7.93. The Labute approximate surface area is 107 Å². The van der Waals surface area contributed by atoms with Crippen molar-refractivity contribution in [3.63, 3.8) is 0 Å². The molecule has 98 valence electrons. The van der Waals surface area contributed by atoms with Gasteiger partial charge in [-0.3, -0.25) is 0 Å². The van der Waals surface area contributed by atoms with Crippen LogP contribution in [0, 0.1) is 6.92 Å². The summed E-state index contributed by atoms with van der Waals surface area (Å²) in [6.45, 7) is 3.73. The lowest BCUT2D eigenvalue weighted by molar-refractivity contribution is 0.384. The molecule has 1 unspecified atom stereocenters. The summed E-state index contributed by atoms with van der Waals surface area (Å²) in [5.41, 5.74) is 0. The van der Waals surface area contributed by atoms with Crippen LogP contribution >= 0.6 is 11.8 Å². The molecule has 1 N–H and O–H groups in total. The summed E-state index contributed by atoms with van der Waals surface area (Å²) in [5, 5.41) is 0.164. The molecule has 0 radical (unpaired) electrons. The first kappa shape index (κ1) is 14.5. The van der Waals surface area contributed by atoms with Gasteiger partial charge in [0.25, 0.3) is 10.0 Å². The largest absolute Gasteiger partial charge is 0.332 e. The number of nitrogens with zero attached hydrogens (tertiary/aromatic N) is 2. The van der Waals surface area contributed by atoms with E-state index < -0.39 is 10.0 Å². The fourth-order valence-electron chi connectivity index (χ4n) is 1.55. The van der Waals surface area contributed by atoms with Gasteiger partial charge in [-0.15, -0.1) is 0 Å². The first-order valence-corrected chi connectivity index (χ1v) is 8.25. The molecule has 0 aromatic carbocycles. The van der Waals surface area contributed by atoms with Crippen molar-refractivity contribution in [2.45, 2.75) is 31.3 Å². The van der Waals surface area contributed by atoms with Crippen LogP contribution in [-0.2, 0) is 10.0 Å². The zero-order chi connectivity index (χ0) is 13.1. The van der Waals surface area contributed by atoms with E-state index in [1.807, 2.05) is 13.2 Å². The minimum absolute atomic E-state index is 0.0126. The molecule has 0 saturated heterocycles. The smallest absolute Gasteiger partial charge is 0.260 e. The lowest BCUT2D eigenvalue weighted by Gasteiger charge is -2.25. The Morgan fingerprint density at radius 3 is 2.65 bits per heavy atom. The standard InChI is InChI=1S/C10H19N3O2S2/c1-5-9(7-16-4)13(3)17(14,15)10-6-11-8(2)12-10/h6,9H,5,7H2,1-4H3,(H,11,12). The van der Waals surface area contributed by atoms with Gasteiger partial charge in [0, 0.05) is 18.8 Å². The van der Waals surface area contributed by atoms with Crippen molar-refractivity contribution in [2.24, 2.45) is 0 Å². The maximum absolute atomic E-state index is 12.3. The van der Waals surface area contributed by atoms with Crippen molar-refractivity contribution in [1.82, 2.24) is 14.3 Å². The number of imidazole rings is 1. The van der Waals surface area contributed by atoms with Crippen LogP contribution in [0.5, 0.6) is 0 Å². The van der Waals surface area contributed by atoms with E-state index in [2.05, 4.69) is 9.97 Å². The highest BCUT2D eigenvalue weighted by atomic mass is 32.2. The molecule has 5 nitrogen and oxygen atoms in total. The van der Waals surface area contributed by atoms with Crippen LogP contribution in [0.25, 0.3) is 0 Å². The fraction of sp³-hybridized carbons (Fsp3) is 0.700. The molecule has 1 atom stereocenters. The number of rotatable bonds is 6. The van der Waals surface area contributed by atoms with Crippen molar-refractivity contribution in [3.8, 4) is 0 Å². The van der Waals surface area contributed by atoms with Crippen molar-refractivity contribution in [3.05, 3.63) is 12.0 Å². The number of thioether (sulfide) groups is 1. The quantitative estimate of drug-likeness (QED) is 0.855. The summed E-state index contributed by atoms with van der Waals surface area (Å²) >= 11 is 1.65. The highest BCUT2D eigenvalue weighted by Crippen LogP contribution is 2.18. The summed E-state index contributed by atoms with van der Waals surface area (Å²) < 4.78 is 26.0. The number of sulfonamides is 1. The number of nitrogens with one attached hydrogen (secondary N) is 1. The topological polar surface area (TPSA) is 66.1 Å². The van der Waals surface area contributed by atoms with E-state index in [4.69, 9.17) is 0 Å². The highest BCUT2D eigenvalue weighted by Gasteiger charge is 2.28. The lowest BCUT2D eigenvalue weighted by Crippen LogP contribution is -2.38. The molecule has 1 heterocycles. The van der Waals surface area contributed by atoms with Gasteiger partial charge >= 0.3 is 0 Å². The molecule has 0 spiro atoms. The van der Waals surface area contributed by atoms with Gasteiger partial charge < -0.3 is 4.98 Å². The molecule has 1 rings (SSSR count). The molecule has 0 aliphatic carbocycles. The van der Waals surface area contributed by atoms with E-state index in [0.717, 1.165) is 12.2 Å². The van der Waals surface area contributed by atoms with Crippen molar-refractivity contribution in [2.75, 3.05) is 19.1 Å². The summed E-state index contributed by atoms with van der Waals surface area (Å²) in [4.78, 5) is 6.70. The number of H-pyrrole nitrogens is 1. The SMILES string of the molecule is CCC(CSC)N(C)S(=O)(=O)c1cnc(C)[nH]1. The predicted molar refractivity (Wildman–Crippen MR) is 70.7 cm³/mol. The highest BCUT2D eigenvalue weighted by molar-refractivity contribution is 7.98. The molecule has 0 aliphatic heterocycles. The van der Waals surface area contributed by atoms with Crippen LogP contribution in [0.1, 0.15) is 19.2 Å². The number of aryl methyl sites for hydroxylation is 1. The van der Waals surface area contributed by atoms with Crippen molar-refractivity contribution < 1.29 is 8.42 Å². The molecule has 0 amide bonds. The van der Waals surface area contributed by atoms with Gasteiger partial charge in [-0.05, 0) is 19.6 Å². The molecular formula is C10H19N3O2S2. The van der Waals surface area contributed by atoms with Crippen LogP contribution in [0.3, 0.4) is 0 Å². The first-order valence-electron chi connectivity index (χ1n) is 5.42. The third-order valence-corrected chi connectivity index (χ3v) is 5.22. The van der Waals surface area contributed by atoms with Crippen LogP contribution in [0.2, 0.25) is 0 Å². The Morgan fingerprint density at radius 1 is 1.59 bits per heavy atom. The van der Waals surface area contributed by atoms with Gasteiger partial charge in [-0.25, -0.2) is 13.4 Å². The Balaban J connectivity index is 2.97. The minimum Gasteiger partial charge on any atom is -0.332 e. The summed E-state index contributed by atoms with van der Waals surface area (Å²) in [6.07, 6.45) is 4.14. The van der Waals surface area contributed by atoms with Gasteiger partial charge in [0.05, 0.1) is 6.20 Å². The summed E-state index contributed by atoms with van der Waals surface area (Å²) in [5.74, 6) is 1.40. The fourth-order valence-corrected chi connectivity index (χ4v) is 3.88. The Hall–Kier alpha value is -0.530. The van der Waals surface area contributed by atoms with E-state index in [1.165, 1.54) is 10.5 Å². The summed E-state index contributed by atoms with van der Waals surface area (Å²) in [7, 11) is -1.83. The van der Waals surface area contributed by atoms with Crippen LogP contribution in [0.15, 0.2) is 11.2 Å². The van der Waals surface area contributed by atoms with Crippen LogP contribution < -0.4 is 0 Å². The number of hydrogen-bond acceptors (Lipinski definition) is 4. The Morgan fingerprint density at radius 2 is 2.24 bits per heavy atom. The summed E-state index contributed by atoms with van der Waals surface area (Å²) in [6, 6.07) is 0.0126. The monoisotopic (exact) mass is 277 g/mol. The predicted octanol–water partition coefficient (Wildman–Crippen LogP) is 1.48. The van der Waals surface area contributed by atoms with Gasteiger partial charge in [0.15, 0.2) is 5.03 Å². The third-order valence-electron chi connectivity index (χ3n) is 2.68. The van der Waals surface area contributed by atoms with Crippen LogP contribution in [0.4, 0.5) is 0 Å². The molecule has 1 aromatic rings. The molecule has 0 fully saturated rings. The zero-order valence-electron chi connectivity index (χ0n) is 10.6. The average Bonchev–Trinajstić information content (AvgIpc) is 2.72. The van der Waals surface area contributed by atoms with Gasteiger partial charge in [0.2, 0.25) is 0 Å².